The van der Waals surface area contributed by atoms with Crippen molar-refractivity contribution in [2.24, 2.45) is 5.14 Å². The molecule has 0 unspecified atom stereocenters. The van der Waals surface area contributed by atoms with Crippen molar-refractivity contribution >= 4 is 10.0 Å². The molecule has 7 heteroatoms. The van der Waals surface area contributed by atoms with Gasteiger partial charge >= 0.3 is 0 Å². The molecular weight excluding hydrogens is 264 g/mol. The molecule has 1 rings (SSSR count). The molecule has 0 aliphatic rings. The summed E-state index contributed by atoms with van der Waals surface area (Å²) >= 11 is 0. The molecular formula is C11H15F2NO3S. The number of unbranched alkanes of at least 4 members (excludes halogenated alkanes) is 2. The minimum atomic E-state index is -3.42. The van der Waals surface area contributed by atoms with Gasteiger partial charge in [-0.25, -0.2) is 22.3 Å². The van der Waals surface area contributed by atoms with Crippen LogP contribution in [0.4, 0.5) is 8.78 Å². The van der Waals surface area contributed by atoms with Crippen LogP contribution in [0.5, 0.6) is 5.75 Å². The van der Waals surface area contributed by atoms with Crippen molar-refractivity contribution in [2.75, 3.05) is 12.4 Å². The molecule has 0 radical (unpaired) electrons. The van der Waals surface area contributed by atoms with Gasteiger partial charge in [-0.05, 0) is 31.4 Å². The summed E-state index contributed by atoms with van der Waals surface area (Å²) in [5.74, 6) is -1.49. The number of nitrogens with two attached hydrogens (primary N) is 1. The van der Waals surface area contributed by atoms with Crippen molar-refractivity contribution in [1.82, 2.24) is 0 Å². The number of hydrogen-bond donors (Lipinski definition) is 1. The van der Waals surface area contributed by atoms with Gasteiger partial charge in [-0.3, -0.25) is 0 Å². The van der Waals surface area contributed by atoms with Crippen LogP contribution in [0.3, 0.4) is 0 Å². The van der Waals surface area contributed by atoms with Gasteiger partial charge in [0.05, 0.1) is 12.4 Å². The first-order valence-corrected chi connectivity index (χ1v) is 7.18. The quantitative estimate of drug-likeness (QED) is 0.774. The molecule has 2 N–H and O–H groups in total. The molecule has 0 aliphatic carbocycles. The van der Waals surface area contributed by atoms with E-state index in [0.29, 0.717) is 19.3 Å². The summed E-state index contributed by atoms with van der Waals surface area (Å²) in [6.07, 6.45) is 1.62. The Morgan fingerprint density at radius 3 is 2.50 bits per heavy atom. The van der Waals surface area contributed by atoms with Crippen molar-refractivity contribution < 1.29 is 21.9 Å². The van der Waals surface area contributed by atoms with E-state index in [4.69, 9.17) is 9.88 Å². The molecule has 0 saturated heterocycles. The standard InChI is InChI=1S/C11H15F2NO3S/c12-9-4-5-11(10(13)8-9)17-6-2-1-3-7-18(14,15)16/h4-5,8H,1-3,6-7H2,(H2,14,15,16). The molecule has 0 aliphatic heterocycles. The van der Waals surface area contributed by atoms with Crippen molar-refractivity contribution in [2.45, 2.75) is 19.3 Å². The molecule has 4 nitrogen and oxygen atoms in total. The third-order valence-electron chi connectivity index (χ3n) is 2.22. The summed E-state index contributed by atoms with van der Waals surface area (Å²) in [5.41, 5.74) is 0. The Kier molecular flexibility index (Phi) is 5.49. The van der Waals surface area contributed by atoms with E-state index in [2.05, 4.69) is 0 Å². The number of halogens is 2. The first-order valence-electron chi connectivity index (χ1n) is 5.47. The van der Waals surface area contributed by atoms with E-state index >= 15 is 0 Å². The average Bonchev–Trinajstić information content (AvgIpc) is 2.24. The monoisotopic (exact) mass is 279 g/mol. The Morgan fingerprint density at radius 1 is 1.17 bits per heavy atom. The van der Waals surface area contributed by atoms with Crippen molar-refractivity contribution in [3.05, 3.63) is 29.8 Å². The number of hydrogen-bond acceptors (Lipinski definition) is 3. The molecule has 0 heterocycles. The number of ether oxygens (including phenoxy) is 1. The summed E-state index contributed by atoms with van der Waals surface area (Å²) < 4.78 is 52.1. The lowest BCUT2D eigenvalue weighted by molar-refractivity contribution is 0.290. The van der Waals surface area contributed by atoms with Gasteiger partial charge in [0.2, 0.25) is 10.0 Å². The molecule has 0 saturated carbocycles. The summed E-state index contributed by atoms with van der Waals surface area (Å²) in [6.45, 7) is 0.243. The van der Waals surface area contributed by atoms with Gasteiger partial charge in [-0.15, -0.1) is 0 Å². The average molecular weight is 279 g/mol. The first-order chi connectivity index (χ1) is 8.38. The van der Waals surface area contributed by atoms with Gasteiger partial charge in [0.1, 0.15) is 5.82 Å². The highest BCUT2D eigenvalue weighted by atomic mass is 32.2. The number of primary sulfonamides is 1. The van der Waals surface area contributed by atoms with E-state index in [0.717, 1.165) is 12.1 Å². The second kappa shape index (κ2) is 6.65. The SMILES string of the molecule is NS(=O)(=O)CCCCCOc1ccc(F)cc1F. The maximum atomic E-state index is 13.1. The molecule has 0 bridgehead atoms. The Hall–Kier alpha value is -1.21. The fourth-order valence-corrected chi connectivity index (χ4v) is 1.96. The number of sulfonamides is 1. The van der Waals surface area contributed by atoms with Crippen LogP contribution in [0.2, 0.25) is 0 Å². The Labute approximate surface area is 105 Å². The molecule has 0 aromatic heterocycles. The molecule has 0 spiro atoms. The van der Waals surface area contributed by atoms with E-state index in [9.17, 15) is 17.2 Å². The molecule has 1 aromatic rings. The largest absolute Gasteiger partial charge is 0.491 e. The van der Waals surface area contributed by atoms with Crippen molar-refractivity contribution in [1.29, 1.82) is 0 Å². The van der Waals surface area contributed by atoms with Crippen LogP contribution in [-0.4, -0.2) is 20.8 Å². The van der Waals surface area contributed by atoms with Crippen LogP contribution in [0.15, 0.2) is 18.2 Å². The van der Waals surface area contributed by atoms with Crippen molar-refractivity contribution in [3.8, 4) is 5.75 Å². The predicted octanol–water partition coefficient (Wildman–Crippen LogP) is 1.80. The van der Waals surface area contributed by atoms with Gasteiger partial charge in [0, 0.05) is 6.07 Å². The van der Waals surface area contributed by atoms with E-state index < -0.39 is 21.7 Å². The molecule has 18 heavy (non-hydrogen) atoms. The minimum absolute atomic E-state index is 0.0113. The topological polar surface area (TPSA) is 69.4 Å². The molecule has 102 valence electrons. The van der Waals surface area contributed by atoms with Gasteiger partial charge in [0.15, 0.2) is 11.6 Å². The van der Waals surface area contributed by atoms with Crippen LogP contribution in [0, 0.1) is 11.6 Å². The third-order valence-corrected chi connectivity index (χ3v) is 3.08. The summed E-state index contributed by atoms with van der Waals surface area (Å²) in [7, 11) is -3.42. The van der Waals surface area contributed by atoms with Crippen LogP contribution in [0.25, 0.3) is 0 Å². The van der Waals surface area contributed by atoms with E-state index in [1.54, 1.807) is 0 Å². The minimum Gasteiger partial charge on any atom is -0.491 e. The summed E-state index contributed by atoms with van der Waals surface area (Å²) in [4.78, 5) is 0. The number of benzene rings is 1. The Morgan fingerprint density at radius 2 is 1.89 bits per heavy atom. The Balaban J connectivity index is 2.22. The smallest absolute Gasteiger partial charge is 0.209 e. The fraction of sp³-hybridized carbons (Fsp3) is 0.455. The maximum Gasteiger partial charge on any atom is 0.209 e. The van der Waals surface area contributed by atoms with Crippen molar-refractivity contribution in [3.63, 3.8) is 0 Å². The van der Waals surface area contributed by atoms with Crippen LogP contribution in [0.1, 0.15) is 19.3 Å². The third kappa shape index (κ3) is 5.92. The highest BCUT2D eigenvalue weighted by Gasteiger charge is 2.05. The molecule has 0 atom stereocenters. The Bertz CT molecular complexity index is 491. The lowest BCUT2D eigenvalue weighted by Gasteiger charge is -2.06. The zero-order valence-electron chi connectivity index (χ0n) is 9.73. The first kappa shape index (κ1) is 14.8. The lowest BCUT2D eigenvalue weighted by Crippen LogP contribution is -2.16. The number of rotatable bonds is 7. The van der Waals surface area contributed by atoms with Gasteiger partial charge in [0.25, 0.3) is 0 Å². The van der Waals surface area contributed by atoms with Crippen LogP contribution in [-0.2, 0) is 10.0 Å². The van der Waals surface area contributed by atoms with E-state index in [-0.39, 0.29) is 18.1 Å². The highest BCUT2D eigenvalue weighted by molar-refractivity contribution is 7.89. The van der Waals surface area contributed by atoms with Gasteiger partial charge < -0.3 is 4.74 Å². The molecule has 0 fully saturated rings. The van der Waals surface area contributed by atoms with E-state index in [1.807, 2.05) is 0 Å². The van der Waals surface area contributed by atoms with Gasteiger partial charge in [-0.1, -0.05) is 0 Å². The fourth-order valence-electron chi connectivity index (χ4n) is 1.36. The van der Waals surface area contributed by atoms with E-state index in [1.165, 1.54) is 6.07 Å². The van der Waals surface area contributed by atoms with Crippen LogP contribution < -0.4 is 9.88 Å². The molecule has 1 aromatic carbocycles. The second-order valence-electron chi connectivity index (χ2n) is 3.85. The summed E-state index contributed by atoms with van der Waals surface area (Å²) in [6, 6.07) is 3.07. The lowest BCUT2D eigenvalue weighted by atomic mass is 10.2. The zero-order valence-corrected chi connectivity index (χ0v) is 10.6. The highest BCUT2D eigenvalue weighted by Crippen LogP contribution is 2.17. The second-order valence-corrected chi connectivity index (χ2v) is 5.58. The normalized spacial score (nSPS) is 11.5. The predicted molar refractivity (Wildman–Crippen MR) is 63.7 cm³/mol. The molecule has 0 amide bonds. The zero-order chi connectivity index (χ0) is 13.6. The van der Waals surface area contributed by atoms with Gasteiger partial charge in [-0.2, -0.15) is 0 Å². The van der Waals surface area contributed by atoms with Crippen LogP contribution >= 0.6 is 0 Å². The maximum absolute atomic E-state index is 13.1. The summed E-state index contributed by atoms with van der Waals surface area (Å²) in [5, 5.41) is 4.83.